The summed E-state index contributed by atoms with van der Waals surface area (Å²) in [4.78, 5) is 0. The van der Waals surface area contributed by atoms with Crippen molar-refractivity contribution in [3.63, 3.8) is 0 Å². The Morgan fingerprint density at radius 2 is 1.38 bits per heavy atom. The molecule has 0 spiro atoms. The van der Waals surface area contributed by atoms with Crippen molar-refractivity contribution < 1.29 is 0 Å². The second-order valence-corrected chi connectivity index (χ2v) is 6.78. The molecule has 1 rings (SSSR count). The molecule has 1 aromatic carbocycles. The average Bonchev–Trinajstić information content (AvgIpc) is 1.97. The van der Waals surface area contributed by atoms with Crippen LogP contribution in [0.4, 0.5) is 5.69 Å². The summed E-state index contributed by atoms with van der Waals surface area (Å²) in [5.41, 5.74) is 11.3. The first-order chi connectivity index (χ1) is 7.03. The topological polar surface area (TPSA) is 26.0 Å². The summed E-state index contributed by atoms with van der Waals surface area (Å²) >= 11 is 0. The zero-order chi connectivity index (χ0) is 12.7. The van der Waals surface area contributed by atoms with Crippen molar-refractivity contribution in [2.24, 2.45) is 0 Å². The first-order valence-electron chi connectivity index (χ1n) is 5.94. The molecule has 0 saturated heterocycles. The van der Waals surface area contributed by atoms with Gasteiger partial charge in [0, 0.05) is 5.69 Å². The fourth-order valence-corrected chi connectivity index (χ4v) is 2.24. The van der Waals surface area contributed by atoms with Crippen LogP contribution in [0.2, 0.25) is 0 Å². The van der Waals surface area contributed by atoms with Crippen LogP contribution < -0.4 is 5.73 Å². The molecule has 0 amide bonds. The second-order valence-electron chi connectivity index (χ2n) is 6.78. The molecule has 1 heteroatoms. The number of nitrogens with two attached hydrogens (primary N) is 1. The highest BCUT2D eigenvalue weighted by atomic mass is 14.6. The molecular formula is C15H25N. The van der Waals surface area contributed by atoms with Gasteiger partial charge in [0.1, 0.15) is 0 Å². The van der Waals surface area contributed by atoms with Gasteiger partial charge in [-0.3, -0.25) is 0 Å². The van der Waals surface area contributed by atoms with Gasteiger partial charge in [0.05, 0.1) is 0 Å². The molecule has 0 aliphatic rings. The predicted octanol–water partition coefficient (Wildman–Crippen LogP) is 4.17. The Morgan fingerprint density at radius 3 is 1.75 bits per heavy atom. The van der Waals surface area contributed by atoms with E-state index in [2.05, 4.69) is 60.6 Å². The van der Waals surface area contributed by atoms with Gasteiger partial charge in [-0.25, -0.2) is 0 Å². The summed E-state index contributed by atoms with van der Waals surface area (Å²) in [6, 6.07) is 4.35. The molecule has 0 aromatic heterocycles. The lowest BCUT2D eigenvalue weighted by atomic mass is 9.74. The quantitative estimate of drug-likeness (QED) is 0.651. The van der Waals surface area contributed by atoms with Gasteiger partial charge in [-0.05, 0) is 40.5 Å². The van der Waals surface area contributed by atoms with E-state index < -0.39 is 0 Å². The molecule has 0 bridgehead atoms. The van der Waals surface area contributed by atoms with Crippen molar-refractivity contribution in [3.8, 4) is 0 Å². The van der Waals surface area contributed by atoms with Gasteiger partial charge in [0.2, 0.25) is 0 Å². The Kier molecular flexibility index (Phi) is 3.11. The average molecular weight is 219 g/mol. The Morgan fingerprint density at radius 1 is 0.875 bits per heavy atom. The van der Waals surface area contributed by atoms with Crippen LogP contribution in [-0.4, -0.2) is 0 Å². The first kappa shape index (κ1) is 13.1. The zero-order valence-corrected chi connectivity index (χ0v) is 11.7. The fourth-order valence-electron chi connectivity index (χ4n) is 2.24. The molecule has 0 aliphatic heterocycles. The van der Waals surface area contributed by atoms with Crippen LogP contribution in [0.25, 0.3) is 0 Å². The highest BCUT2D eigenvalue weighted by Gasteiger charge is 2.27. The molecular weight excluding hydrogens is 194 g/mol. The van der Waals surface area contributed by atoms with Crippen LogP contribution in [0.5, 0.6) is 0 Å². The Bertz CT molecular complexity index is 389. The number of aryl methyl sites for hydroxylation is 1. The third-order valence-electron chi connectivity index (χ3n) is 2.87. The number of hydrogen-bond acceptors (Lipinski definition) is 1. The highest BCUT2D eigenvalue weighted by molar-refractivity contribution is 5.58. The van der Waals surface area contributed by atoms with Crippen LogP contribution in [0.1, 0.15) is 58.2 Å². The molecule has 0 atom stereocenters. The Balaban J connectivity index is 3.58. The normalized spacial score (nSPS) is 12.9. The molecule has 90 valence electrons. The lowest BCUT2D eigenvalue weighted by Gasteiger charge is -2.31. The van der Waals surface area contributed by atoms with Crippen LogP contribution in [0.3, 0.4) is 0 Å². The van der Waals surface area contributed by atoms with Crippen LogP contribution >= 0.6 is 0 Å². The van der Waals surface area contributed by atoms with Crippen molar-refractivity contribution in [2.45, 2.75) is 59.3 Å². The SMILES string of the molecule is Cc1cc(N)c(C(C)(C)C)c(C(C)(C)C)c1. The number of hydrogen-bond donors (Lipinski definition) is 1. The lowest BCUT2D eigenvalue weighted by molar-refractivity contribution is 0.531. The maximum absolute atomic E-state index is 6.21. The molecule has 0 heterocycles. The van der Waals surface area contributed by atoms with Crippen LogP contribution in [-0.2, 0) is 10.8 Å². The fraction of sp³-hybridized carbons (Fsp3) is 0.600. The molecule has 16 heavy (non-hydrogen) atoms. The van der Waals surface area contributed by atoms with Crippen molar-refractivity contribution in [3.05, 3.63) is 28.8 Å². The Labute approximate surface area is 100 Å². The number of benzene rings is 1. The summed E-state index contributed by atoms with van der Waals surface area (Å²) in [5, 5.41) is 0. The van der Waals surface area contributed by atoms with E-state index in [0.717, 1.165) is 5.69 Å². The molecule has 0 radical (unpaired) electrons. The highest BCUT2D eigenvalue weighted by Crippen LogP contribution is 2.38. The summed E-state index contributed by atoms with van der Waals surface area (Å²) in [5.74, 6) is 0. The third-order valence-corrected chi connectivity index (χ3v) is 2.87. The molecule has 2 N–H and O–H groups in total. The second kappa shape index (κ2) is 3.80. The van der Waals surface area contributed by atoms with Crippen molar-refractivity contribution in [1.82, 2.24) is 0 Å². The number of nitrogen functional groups attached to an aromatic ring is 1. The predicted molar refractivity (Wildman–Crippen MR) is 73.0 cm³/mol. The summed E-state index contributed by atoms with van der Waals surface area (Å²) in [6.07, 6.45) is 0. The molecule has 0 aliphatic carbocycles. The Hall–Kier alpha value is -0.980. The van der Waals surface area contributed by atoms with E-state index in [4.69, 9.17) is 5.73 Å². The van der Waals surface area contributed by atoms with E-state index >= 15 is 0 Å². The molecule has 1 nitrogen and oxygen atoms in total. The largest absolute Gasteiger partial charge is 0.398 e. The van der Waals surface area contributed by atoms with Gasteiger partial charge in [0.25, 0.3) is 0 Å². The van der Waals surface area contributed by atoms with Gasteiger partial charge in [-0.15, -0.1) is 0 Å². The maximum atomic E-state index is 6.21. The van der Waals surface area contributed by atoms with E-state index in [-0.39, 0.29) is 10.8 Å². The van der Waals surface area contributed by atoms with Crippen molar-refractivity contribution in [2.75, 3.05) is 5.73 Å². The smallest absolute Gasteiger partial charge is 0.0357 e. The van der Waals surface area contributed by atoms with E-state index in [1.165, 1.54) is 16.7 Å². The van der Waals surface area contributed by atoms with E-state index in [1.54, 1.807) is 0 Å². The van der Waals surface area contributed by atoms with Gasteiger partial charge >= 0.3 is 0 Å². The molecule has 0 unspecified atom stereocenters. The minimum atomic E-state index is 0.0976. The van der Waals surface area contributed by atoms with Crippen molar-refractivity contribution >= 4 is 5.69 Å². The summed E-state index contributed by atoms with van der Waals surface area (Å²) in [6.45, 7) is 15.5. The minimum Gasteiger partial charge on any atom is -0.398 e. The summed E-state index contributed by atoms with van der Waals surface area (Å²) in [7, 11) is 0. The van der Waals surface area contributed by atoms with Gasteiger partial charge in [0.15, 0.2) is 0 Å². The summed E-state index contributed by atoms with van der Waals surface area (Å²) < 4.78 is 0. The zero-order valence-electron chi connectivity index (χ0n) is 11.7. The standard InChI is InChI=1S/C15H25N/c1-10-8-11(14(2,3)4)13(12(16)9-10)15(5,6)7/h8-9H,16H2,1-7H3. The third kappa shape index (κ3) is 2.58. The number of rotatable bonds is 0. The van der Waals surface area contributed by atoms with Crippen LogP contribution in [0.15, 0.2) is 12.1 Å². The monoisotopic (exact) mass is 219 g/mol. The first-order valence-corrected chi connectivity index (χ1v) is 5.94. The van der Waals surface area contributed by atoms with E-state index in [9.17, 15) is 0 Å². The number of anilines is 1. The minimum absolute atomic E-state index is 0.0976. The molecule has 0 saturated carbocycles. The van der Waals surface area contributed by atoms with E-state index in [1.807, 2.05) is 0 Å². The van der Waals surface area contributed by atoms with Gasteiger partial charge in [-0.1, -0.05) is 47.6 Å². The van der Waals surface area contributed by atoms with Gasteiger partial charge in [-0.2, -0.15) is 0 Å². The molecule has 1 aromatic rings. The maximum Gasteiger partial charge on any atom is 0.0357 e. The van der Waals surface area contributed by atoms with E-state index in [0.29, 0.717) is 0 Å². The van der Waals surface area contributed by atoms with Crippen molar-refractivity contribution in [1.29, 1.82) is 0 Å². The molecule has 0 fully saturated rings. The van der Waals surface area contributed by atoms with Gasteiger partial charge < -0.3 is 5.73 Å². The lowest BCUT2D eigenvalue weighted by Crippen LogP contribution is -2.23. The van der Waals surface area contributed by atoms with Crippen LogP contribution in [0, 0.1) is 6.92 Å².